The molecule has 2 N–H and O–H groups in total. The number of H-pyrrole nitrogens is 2. The summed E-state index contributed by atoms with van der Waals surface area (Å²) in [6, 6.07) is 0. The van der Waals surface area contributed by atoms with E-state index >= 15 is 0 Å². The summed E-state index contributed by atoms with van der Waals surface area (Å²) in [5, 5.41) is 4.82. The summed E-state index contributed by atoms with van der Waals surface area (Å²) in [5.74, 6) is 0.364. The van der Waals surface area contributed by atoms with E-state index in [9.17, 15) is 4.79 Å². The molecule has 0 bridgehead atoms. The van der Waals surface area contributed by atoms with Crippen molar-refractivity contribution in [2.45, 2.75) is 6.92 Å². The molecule has 1 heterocycles. The number of thiol groups is 1. The van der Waals surface area contributed by atoms with Crippen molar-refractivity contribution < 1.29 is 4.18 Å². The smallest absolute Gasteiger partial charge is 0.270 e. The zero-order valence-corrected chi connectivity index (χ0v) is 5.66. The average Bonchev–Trinajstić information content (AvgIpc) is 2.15. The maximum absolute atomic E-state index is 10.6. The first-order valence-electron chi connectivity index (χ1n) is 2.34. The lowest BCUT2D eigenvalue weighted by Gasteiger charge is -1.88. The van der Waals surface area contributed by atoms with E-state index in [2.05, 4.69) is 27.3 Å². The Bertz CT molecular complexity index is 251. The minimum Gasteiger partial charge on any atom is -0.409 e. The Morgan fingerprint density at radius 1 is 1.56 bits per heavy atom. The summed E-state index contributed by atoms with van der Waals surface area (Å²) in [6.45, 7) is 1.64. The number of hydrogen-bond donors (Lipinski definition) is 3. The molecule has 1 rings (SSSR count). The van der Waals surface area contributed by atoms with E-state index in [0.717, 1.165) is 0 Å². The largest absolute Gasteiger partial charge is 0.409 e. The van der Waals surface area contributed by atoms with Crippen LogP contribution in [0.25, 0.3) is 0 Å². The molecule has 1 aromatic rings. The minimum atomic E-state index is -0.181. The van der Waals surface area contributed by atoms with Gasteiger partial charge in [-0.05, 0) is 6.92 Å². The molecule has 0 amide bonds. The van der Waals surface area contributed by atoms with E-state index in [-0.39, 0.29) is 5.56 Å². The lowest BCUT2D eigenvalue weighted by molar-refractivity contribution is 0.619. The Morgan fingerprint density at radius 2 is 2.22 bits per heavy atom. The first-order valence-corrected chi connectivity index (χ1v) is 2.71. The first-order chi connectivity index (χ1) is 4.25. The lowest BCUT2D eigenvalue weighted by Crippen LogP contribution is -2.00. The molecule has 9 heavy (non-hydrogen) atoms. The molecule has 0 atom stereocenters. The second kappa shape index (κ2) is 2.18. The quantitative estimate of drug-likeness (QED) is 0.392. The summed E-state index contributed by atoms with van der Waals surface area (Å²) in [6.07, 6.45) is 0. The van der Waals surface area contributed by atoms with Gasteiger partial charge in [0.15, 0.2) is 0 Å². The lowest BCUT2D eigenvalue weighted by atomic mass is 10.4. The van der Waals surface area contributed by atoms with Crippen LogP contribution in [0.3, 0.4) is 0 Å². The summed E-state index contributed by atoms with van der Waals surface area (Å²) < 4.78 is 4.47. The topological polar surface area (TPSA) is 57.9 Å². The van der Waals surface area contributed by atoms with Crippen molar-refractivity contribution in [2.24, 2.45) is 0 Å². The Hall–Kier alpha value is -0.840. The third-order valence-corrected chi connectivity index (χ3v) is 1.24. The van der Waals surface area contributed by atoms with E-state index in [0.29, 0.717) is 11.4 Å². The highest BCUT2D eigenvalue weighted by Crippen LogP contribution is 2.07. The van der Waals surface area contributed by atoms with Crippen LogP contribution < -0.4 is 9.74 Å². The fraction of sp³-hybridized carbons (Fsp3) is 0.250. The molecule has 0 radical (unpaired) electrons. The summed E-state index contributed by atoms with van der Waals surface area (Å²) >= 11 is 3.50. The Balaban J connectivity index is 3.20. The van der Waals surface area contributed by atoms with Crippen LogP contribution in [-0.2, 0) is 0 Å². The van der Waals surface area contributed by atoms with Crippen LogP contribution >= 0.6 is 12.9 Å². The standard InChI is InChI=1S/C4H6N2O2S/c1-2-3(7)5-6-4(2)8-9/h9H,1H3,(H2,5,6,7). The fourth-order valence-corrected chi connectivity index (χ4v) is 0.678. The predicted octanol–water partition coefficient (Wildman–Crippen LogP) is 0.235. The van der Waals surface area contributed by atoms with Gasteiger partial charge in [-0.1, -0.05) is 0 Å². The third-order valence-electron chi connectivity index (χ3n) is 1.06. The number of rotatable bonds is 1. The fourth-order valence-electron chi connectivity index (χ4n) is 0.495. The Kier molecular flexibility index (Phi) is 1.52. The molecule has 4 nitrogen and oxygen atoms in total. The van der Waals surface area contributed by atoms with Crippen molar-refractivity contribution in [1.29, 1.82) is 0 Å². The zero-order chi connectivity index (χ0) is 6.85. The van der Waals surface area contributed by atoms with Gasteiger partial charge in [-0.2, -0.15) is 0 Å². The van der Waals surface area contributed by atoms with E-state index < -0.39 is 0 Å². The molecule has 0 fully saturated rings. The highest BCUT2D eigenvalue weighted by molar-refractivity contribution is 7.75. The van der Waals surface area contributed by atoms with E-state index in [1.807, 2.05) is 0 Å². The maximum Gasteiger partial charge on any atom is 0.270 e. The molecule has 5 heteroatoms. The second-order valence-corrected chi connectivity index (χ2v) is 1.81. The van der Waals surface area contributed by atoms with Crippen molar-refractivity contribution in [3.63, 3.8) is 0 Å². The van der Waals surface area contributed by atoms with Gasteiger partial charge < -0.3 is 4.18 Å². The number of aromatic amines is 2. The SMILES string of the molecule is Cc1c(OS)[nH][nH]c1=O. The van der Waals surface area contributed by atoms with Gasteiger partial charge in [0.2, 0.25) is 5.88 Å². The van der Waals surface area contributed by atoms with Crippen molar-refractivity contribution >= 4 is 12.9 Å². The average molecular weight is 146 g/mol. The van der Waals surface area contributed by atoms with Crippen LogP contribution in [-0.4, -0.2) is 10.2 Å². The van der Waals surface area contributed by atoms with E-state index in [4.69, 9.17) is 0 Å². The van der Waals surface area contributed by atoms with Crippen LogP contribution in [0.4, 0.5) is 0 Å². The third kappa shape index (κ3) is 0.951. The first kappa shape index (κ1) is 6.28. The molecule has 0 aromatic carbocycles. The monoisotopic (exact) mass is 146 g/mol. The molecule has 0 saturated heterocycles. The van der Waals surface area contributed by atoms with Crippen molar-refractivity contribution in [1.82, 2.24) is 10.2 Å². The van der Waals surface area contributed by atoms with Gasteiger partial charge in [-0.25, -0.2) is 0 Å². The number of aromatic nitrogens is 2. The molecule has 0 unspecified atom stereocenters. The number of nitrogens with one attached hydrogen (secondary N) is 2. The Morgan fingerprint density at radius 3 is 2.44 bits per heavy atom. The molecule has 1 aromatic heterocycles. The van der Waals surface area contributed by atoms with Crippen LogP contribution in [0.2, 0.25) is 0 Å². The molecule has 50 valence electrons. The molecule has 0 spiro atoms. The van der Waals surface area contributed by atoms with Crippen LogP contribution in [0.1, 0.15) is 5.56 Å². The van der Waals surface area contributed by atoms with E-state index in [1.54, 1.807) is 6.92 Å². The molecule has 0 aliphatic rings. The van der Waals surface area contributed by atoms with Gasteiger partial charge in [0, 0.05) is 12.9 Å². The van der Waals surface area contributed by atoms with Crippen LogP contribution in [0.15, 0.2) is 4.79 Å². The van der Waals surface area contributed by atoms with Crippen LogP contribution in [0, 0.1) is 6.92 Å². The molecular weight excluding hydrogens is 140 g/mol. The van der Waals surface area contributed by atoms with Gasteiger partial charge in [0.05, 0.1) is 5.56 Å². The Labute approximate surface area is 56.8 Å². The molecule has 0 aliphatic carbocycles. The van der Waals surface area contributed by atoms with Crippen molar-refractivity contribution in [3.8, 4) is 5.88 Å². The second-order valence-electron chi connectivity index (χ2n) is 1.62. The molecule has 0 saturated carbocycles. The molecular formula is C4H6N2O2S. The highest BCUT2D eigenvalue weighted by atomic mass is 32.1. The zero-order valence-electron chi connectivity index (χ0n) is 4.76. The summed E-state index contributed by atoms with van der Waals surface area (Å²) in [4.78, 5) is 10.6. The van der Waals surface area contributed by atoms with Gasteiger partial charge in [0.1, 0.15) is 0 Å². The van der Waals surface area contributed by atoms with Crippen molar-refractivity contribution in [2.75, 3.05) is 0 Å². The maximum atomic E-state index is 10.6. The van der Waals surface area contributed by atoms with Gasteiger partial charge in [-0.15, -0.1) is 0 Å². The van der Waals surface area contributed by atoms with E-state index in [1.165, 1.54) is 0 Å². The van der Waals surface area contributed by atoms with Gasteiger partial charge >= 0.3 is 0 Å². The number of hydrogen-bond acceptors (Lipinski definition) is 3. The predicted molar refractivity (Wildman–Crippen MR) is 35.8 cm³/mol. The minimum absolute atomic E-state index is 0.181. The van der Waals surface area contributed by atoms with Gasteiger partial charge in [0.25, 0.3) is 5.56 Å². The molecule has 0 aliphatic heterocycles. The van der Waals surface area contributed by atoms with Gasteiger partial charge in [-0.3, -0.25) is 15.0 Å². The van der Waals surface area contributed by atoms with Crippen LogP contribution in [0.5, 0.6) is 5.88 Å². The normalized spacial score (nSPS) is 9.56. The van der Waals surface area contributed by atoms with Crippen molar-refractivity contribution in [3.05, 3.63) is 15.9 Å². The summed E-state index contributed by atoms with van der Waals surface area (Å²) in [7, 11) is 0. The highest BCUT2D eigenvalue weighted by Gasteiger charge is 2.02. The summed E-state index contributed by atoms with van der Waals surface area (Å²) in [5.41, 5.74) is 0.323.